The fourth-order valence-electron chi connectivity index (χ4n) is 2.88. The Labute approximate surface area is 153 Å². The fourth-order valence-corrected chi connectivity index (χ4v) is 2.88. The van der Waals surface area contributed by atoms with Crippen LogP contribution in [0.25, 0.3) is 11.1 Å². The first kappa shape index (κ1) is 18.0. The van der Waals surface area contributed by atoms with E-state index >= 15 is 0 Å². The lowest BCUT2D eigenvalue weighted by atomic mass is 10.1. The minimum atomic E-state index is -0.0543. The quantitative estimate of drug-likeness (QED) is 0.652. The molecule has 0 saturated carbocycles. The third-order valence-electron chi connectivity index (χ3n) is 4.35. The molecule has 0 atom stereocenters. The van der Waals surface area contributed by atoms with E-state index in [9.17, 15) is 4.79 Å². The molecule has 3 rings (SSSR count). The molecule has 3 aromatic rings. The van der Waals surface area contributed by atoms with E-state index in [1.54, 1.807) is 17.8 Å². The summed E-state index contributed by atoms with van der Waals surface area (Å²) >= 11 is 0. The first-order valence-electron chi connectivity index (χ1n) is 8.82. The highest BCUT2D eigenvalue weighted by molar-refractivity contribution is 5.64. The van der Waals surface area contributed by atoms with Gasteiger partial charge in [-0.2, -0.15) is 0 Å². The summed E-state index contributed by atoms with van der Waals surface area (Å²) in [6, 6.07) is 19.8. The van der Waals surface area contributed by atoms with Gasteiger partial charge in [-0.15, -0.1) is 0 Å². The van der Waals surface area contributed by atoms with Gasteiger partial charge in [0.15, 0.2) is 0 Å². The van der Waals surface area contributed by atoms with Gasteiger partial charge in [-0.25, -0.2) is 0 Å². The van der Waals surface area contributed by atoms with Crippen LogP contribution in [0.5, 0.6) is 11.5 Å². The molecule has 0 amide bonds. The van der Waals surface area contributed by atoms with E-state index in [-0.39, 0.29) is 12.2 Å². The number of aliphatic hydroxyl groups is 1. The van der Waals surface area contributed by atoms with Gasteiger partial charge in [0, 0.05) is 19.9 Å². The maximum Gasteiger partial charge on any atom is 0.257 e. The third kappa shape index (κ3) is 4.21. The maximum atomic E-state index is 12.4. The third-order valence-corrected chi connectivity index (χ3v) is 4.35. The summed E-state index contributed by atoms with van der Waals surface area (Å²) in [7, 11) is 1.73. The van der Waals surface area contributed by atoms with Gasteiger partial charge in [0.2, 0.25) is 0 Å². The number of nitrogens with zero attached hydrogens (tertiary/aromatic N) is 1. The molecule has 4 nitrogen and oxygen atoms in total. The smallest absolute Gasteiger partial charge is 0.257 e. The standard InChI is InChI=1S/C22H23NO3/c1-23-15-14-21(20(22(23)25)9-5-6-16-24)26-19-12-10-18(11-13-19)17-7-3-2-4-8-17/h2-4,7-8,10-15,24H,5-6,9,16H2,1H3. The van der Waals surface area contributed by atoms with Crippen molar-refractivity contribution >= 4 is 0 Å². The fraction of sp³-hybridized carbons (Fsp3) is 0.227. The molecule has 26 heavy (non-hydrogen) atoms. The molecule has 2 aromatic carbocycles. The molecular formula is C22H23NO3. The molecule has 0 fully saturated rings. The van der Waals surface area contributed by atoms with E-state index in [1.165, 1.54) is 0 Å². The summed E-state index contributed by atoms with van der Waals surface area (Å²) in [4.78, 5) is 12.4. The topological polar surface area (TPSA) is 51.5 Å². The highest BCUT2D eigenvalue weighted by atomic mass is 16.5. The lowest BCUT2D eigenvalue weighted by Gasteiger charge is -2.12. The van der Waals surface area contributed by atoms with Crippen molar-refractivity contribution in [2.75, 3.05) is 6.61 Å². The molecule has 0 spiro atoms. The van der Waals surface area contributed by atoms with Crippen molar-refractivity contribution in [2.45, 2.75) is 19.3 Å². The highest BCUT2D eigenvalue weighted by Gasteiger charge is 2.11. The summed E-state index contributed by atoms with van der Waals surface area (Å²) in [5, 5.41) is 8.98. The Hall–Kier alpha value is -2.85. The Kier molecular flexibility index (Phi) is 5.87. The second-order valence-electron chi connectivity index (χ2n) is 6.25. The Bertz CT molecular complexity index is 899. The number of hydrogen-bond acceptors (Lipinski definition) is 3. The highest BCUT2D eigenvalue weighted by Crippen LogP contribution is 2.27. The van der Waals surface area contributed by atoms with Gasteiger partial charge < -0.3 is 14.4 Å². The summed E-state index contributed by atoms with van der Waals surface area (Å²) in [6.07, 6.45) is 3.72. The number of aliphatic hydroxyl groups excluding tert-OH is 1. The van der Waals surface area contributed by atoms with Crippen LogP contribution in [-0.2, 0) is 13.5 Å². The number of rotatable bonds is 7. The molecule has 0 unspecified atom stereocenters. The largest absolute Gasteiger partial charge is 0.457 e. The predicted octanol–water partition coefficient (Wildman–Crippen LogP) is 4.16. The van der Waals surface area contributed by atoms with E-state index < -0.39 is 0 Å². The van der Waals surface area contributed by atoms with Crippen molar-refractivity contribution in [2.24, 2.45) is 7.05 Å². The van der Waals surface area contributed by atoms with Crippen LogP contribution in [0.2, 0.25) is 0 Å². The van der Waals surface area contributed by atoms with Crippen molar-refractivity contribution in [3.05, 3.63) is 82.8 Å². The molecule has 134 valence electrons. The van der Waals surface area contributed by atoms with Gasteiger partial charge in [-0.1, -0.05) is 42.5 Å². The second-order valence-corrected chi connectivity index (χ2v) is 6.25. The van der Waals surface area contributed by atoms with Crippen LogP contribution >= 0.6 is 0 Å². The monoisotopic (exact) mass is 349 g/mol. The number of unbranched alkanes of at least 4 members (excludes halogenated alkanes) is 1. The van der Waals surface area contributed by atoms with Crippen LogP contribution in [0, 0.1) is 0 Å². The first-order chi connectivity index (χ1) is 12.7. The second kappa shape index (κ2) is 8.50. The minimum absolute atomic E-state index is 0.0543. The maximum absolute atomic E-state index is 12.4. The number of aryl methyl sites for hydroxylation is 1. The zero-order valence-corrected chi connectivity index (χ0v) is 14.9. The van der Waals surface area contributed by atoms with Crippen LogP contribution in [-0.4, -0.2) is 16.3 Å². The molecule has 0 radical (unpaired) electrons. The van der Waals surface area contributed by atoms with Gasteiger partial charge in [-0.3, -0.25) is 4.79 Å². The van der Waals surface area contributed by atoms with Crippen molar-refractivity contribution in [3.8, 4) is 22.6 Å². The molecule has 0 aliphatic heterocycles. The van der Waals surface area contributed by atoms with E-state index in [2.05, 4.69) is 12.1 Å². The lowest BCUT2D eigenvalue weighted by molar-refractivity contribution is 0.284. The van der Waals surface area contributed by atoms with Crippen molar-refractivity contribution in [1.29, 1.82) is 0 Å². The van der Waals surface area contributed by atoms with Crippen LogP contribution in [0.3, 0.4) is 0 Å². The summed E-state index contributed by atoms with van der Waals surface area (Å²) in [5.41, 5.74) is 2.86. The zero-order valence-electron chi connectivity index (χ0n) is 14.9. The van der Waals surface area contributed by atoms with Crippen LogP contribution < -0.4 is 10.3 Å². The van der Waals surface area contributed by atoms with Crippen molar-refractivity contribution in [3.63, 3.8) is 0 Å². The van der Waals surface area contributed by atoms with Gasteiger partial charge in [0.25, 0.3) is 5.56 Å². The molecule has 0 bridgehead atoms. The Morgan fingerprint density at radius 2 is 1.62 bits per heavy atom. The number of ether oxygens (including phenoxy) is 1. The molecule has 1 N–H and O–H groups in total. The van der Waals surface area contributed by atoms with Gasteiger partial charge in [-0.05, 0) is 48.6 Å². The molecule has 0 saturated heterocycles. The Morgan fingerprint density at radius 3 is 2.31 bits per heavy atom. The van der Waals surface area contributed by atoms with E-state index in [0.717, 1.165) is 17.5 Å². The Balaban J connectivity index is 1.82. The SMILES string of the molecule is Cn1ccc(Oc2ccc(-c3ccccc3)cc2)c(CCCCO)c1=O. The minimum Gasteiger partial charge on any atom is -0.457 e. The number of aromatic nitrogens is 1. The molecule has 1 heterocycles. The van der Waals surface area contributed by atoms with Crippen molar-refractivity contribution in [1.82, 2.24) is 4.57 Å². The lowest BCUT2D eigenvalue weighted by Crippen LogP contribution is -2.21. The molecule has 0 aliphatic carbocycles. The van der Waals surface area contributed by atoms with E-state index in [0.29, 0.717) is 29.9 Å². The predicted molar refractivity (Wildman–Crippen MR) is 104 cm³/mol. The van der Waals surface area contributed by atoms with Crippen LogP contribution in [0.1, 0.15) is 18.4 Å². The molecule has 1 aromatic heterocycles. The summed E-state index contributed by atoms with van der Waals surface area (Å²) in [6.45, 7) is 0.129. The van der Waals surface area contributed by atoms with Gasteiger partial charge in [0.1, 0.15) is 11.5 Å². The number of benzene rings is 2. The Morgan fingerprint density at radius 1 is 0.923 bits per heavy atom. The zero-order chi connectivity index (χ0) is 18.4. The number of hydrogen-bond donors (Lipinski definition) is 1. The van der Waals surface area contributed by atoms with Gasteiger partial charge in [0.05, 0.1) is 5.56 Å². The molecular weight excluding hydrogens is 326 g/mol. The van der Waals surface area contributed by atoms with Gasteiger partial charge >= 0.3 is 0 Å². The number of pyridine rings is 1. The molecule has 0 aliphatic rings. The normalized spacial score (nSPS) is 10.7. The van der Waals surface area contributed by atoms with Crippen molar-refractivity contribution < 1.29 is 9.84 Å². The van der Waals surface area contributed by atoms with E-state index in [4.69, 9.17) is 9.84 Å². The summed E-state index contributed by atoms with van der Waals surface area (Å²) in [5.74, 6) is 1.28. The van der Waals surface area contributed by atoms with Crippen LogP contribution in [0.4, 0.5) is 0 Å². The summed E-state index contributed by atoms with van der Waals surface area (Å²) < 4.78 is 7.55. The van der Waals surface area contributed by atoms with Crippen LogP contribution in [0.15, 0.2) is 71.7 Å². The average Bonchev–Trinajstić information content (AvgIpc) is 2.68. The molecule has 4 heteroatoms. The first-order valence-corrected chi connectivity index (χ1v) is 8.82. The average molecular weight is 349 g/mol. The van der Waals surface area contributed by atoms with E-state index in [1.807, 2.05) is 48.5 Å².